The number of hydrogen-bond acceptors (Lipinski definition) is 5. The Kier molecular flexibility index (Phi) is 4.62. The fourth-order valence-corrected chi connectivity index (χ4v) is 1.71. The van der Waals surface area contributed by atoms with Crippen molar-refractivity contribution < 1.29 is 23.8 Å². The zero-order valence-corrected chi connectivity index (χ0v) is 11.7. The summed E-state index contributed by atoms with van der Waals surface area (Å²) in [7, 11) is 1.46. The molecule has 8 nitrogen and oxygen atoms in total. The number of carboxylic acid groups (broad SMARTS) is 1. The molecule has 0 bridgehead atoms. The number of amides is 1. The number of rotatable bonds is 6. The third-order valence-corrected chi connectivity index (χ3v) is 2.82. The summed E-state index contributed by atoms with van der Waals surface area (Å²) in [4.78, 5) is 34.0. The summed E-state index contributed by atoms with van der Waals surface area (Å²) in [5.74, 6) is -1.39. The maximum atomic E-state index is 12.2. The summed E-state index contributed by atoms with van der Waals surface area (Å²) in [6.07, 6.45) is 1.51. The van der Waals surface area contributed by atoms with Crippen LogP contribution in [0.25, 0.3) is 0 Å². The Morgan fingerprint density at radius 3 is 2.77 bits per heavy atom. The largest absolute Gasteiger partial charge is 0.478 e. The predicted octanol–water partition coefficient (Wildman–Crippen LogP) is 0.313. The highest BCUT2D eigenvalue weighted by Gasteiger charge is 2.11. The number of nitrogens with zero attached hydrogens (tertiary/aromatic N) is 1. The molecule has 22 heavy (non-hydrogen) atoms. The fourth-order valence-electron chi connectivity index (χ4n) is 1.71. The number of ether oxygens (including phenoxy) is 1. The van der Waals surface area contributed by atoms with Crippen molar-refractivity contribution in [2.24, 2.45) is 0 Å². The minimum Gasteiger partial charge on any atom is -0.478 e. The van der Waals surface area contributed by atoms with Crippen LogP contribution in [0.3, 0.4) is 0 Å². The molecular weight excluding hydrogens is 292 g/mol. The van der Waals surface area contributed by atoms with E-state index >= 15 is 0 Å². The van der Waals surface area contributed by atoms with E-state index in [1.54, 1.807) is 6.07 Å². The molecule has 2 rings (SSSR count). The Balaban J connectivity index is 2.15. The highest BCUT2D eigenvalue weighted by atomic mass is 16.5. The Bertz CT molecular complexity index is 746. The van der Waals surface area contributed by atoms with Crippen molar-refractivity contribution >= 4 is 11.9 Å². The number of carbonyl (C=O) groups excluding carboxylic acids is 1. The van der Waals surface area contributed by atoms with Crippen LogP contribution in [0.2, 0.25) is 0 Å². The zero-order chi connectivity index (χ0) is 16.1. The van der Waals surface area contributed by atoms with Crippen LogP contribution in [0.15, 0.2) is 39.7 Å². The molecule has 8 heteroatoms. The second-order valence-electron chi connectivity index (χ2n) is 4.34. The van der Waals surface area contributed by atoms with Crippen molar-refractivity contribution in [2.75, 3.05) is 13.7 Å². The predicted molar refractivity (Wildman–Crippen MR) is 75.0 cm³/mol. The Morgan fingerprint density at radius 1 is 1.36 bits per heavy atom. The molecule has 0 atom stereocenters. The van der Waals surface area contributed by atoms with Gasteiger partial charge in [-0.1, -0.05) is 0 Å². The second kappa shape index (κ2) is 6.61. The molecule has 0 aromatic carbocycles. The van der Waals surface area contributed by atoms with Gasteiger partial charge in [0.15, 0.2) is 12.4 Å². The van der Waals surface area contributed by atoms with Gasteiger partial charge in [-0.05, 0) is 24.3 Å². The number of aromatic nitrogens is 1. The van der Waals surface area contributed by atoms with Gasteiger partial charge in [-0.3, -0.25) is 9.59 Å². The van der Waals surface area contributed by atoms with Gasteiger partial charge in [-0.15, -0.1) is 0 Å². The van der Waals surface area contributed by atoms with E-state index < -0.39 is 11.5 Å². The number of nitrogens with one attached hydrogen (secondary N) is 1. The highest BCUT2D eigenvalue weighted by Crippen LogP contribution is 2.10. The van der Waals surface area contributed by atoms with Gasteiger partial charge in [0.2, 0.25) is 5.76 Å². The molecule has 0 fully saturated rings. The normalized spacial score (nSPS) is 10.2. The summed E-state index contributed by atoms with van der Waals surface area (Å²) < 4.78 is 11.5. The maximum absolute atomic E-state index is 12.2. The van der Waals surface area contributed by atoms with Crippen LogP contribution in [-0.2, 0) is 11.3 Å². The SMILES string of the molecule is CNC(=O)COc1cccn(Cc2ccc(C(=O)O)o2)c1=O. The van der Waals surface area contributed by atoms with E-state index in [1.807, 2.05) is 0 Å². The molecule has 0 aliphatic rings. The van der Waals surface area contributed by atoms with E-state index in [2.05, 4.69) is 5.32 Å². The maximum Gasteiger partial charge on any atom is 0.371 e. The van der Waals surface area contributed by atoms with E-state index in [4.69, 9.17) is 14.3 Å². The molecular formula is C14H14N2O6. The molecule has 2 N–H and O–H groups in total. The van der Waals surface area contributed by atoms with Gasteiger partial charge in [0.05, 0.1) is 6.54 Å². The Labute approximate surface area is 124 Å². The van der Waals surface area contributed by atoms with Crippen molar-refractivity contribution in [1.29, 1.82) is 0 Å². The summed E-state index contributed by atoms with van der Waals surface area (Å²) in [6, 6.07) is 5.83. The molecule has 2 aromatic heterocycles. The van der Waals surface area contributed by atoms with Gasteiger partial charge in [0.1, 0.15) is 5.76 Å². The lowest BCUT2D eigenvalue weighted by atomic mass is 10.4. The van der Waals surface area contributed by atoms with Crippen molar-refractivity contribution in [1.82, 2.24) is 9.88 Å². The first-order valence-electron chi connectivity index (χ1n) is 6.36. The van der Waals surface area contributed by atoms with Gasteiger partial charge in [-0.2, -0.15) is 0 Å². The number of carbonyl (C=O) groups is 2. The Morgan fingerprint density at radius 2 is 2.14 bits per heavy atom. The van der Waals surface area contributed by atoms with Gasteiger partial charge in [-0.25, -0.2) is 4.79 Å². The first-order chi connectivity index (χ1) is 10.5. The average molecular weight is 306 g/mol. The Hall–Kier alpha value is -3.03. The summed E-state index contributed by atoms with van der Waals surface area (Å²) in [6.45, 7) is -0.205. The number of pyridine rings is 1. The van der Waals surface area contributed by atoms with Crippen LogP contribution in [0.5, 0.6) is 5.75 Å². The number of carboxylic acids is 1. The van der Waals surface area contributed by atoms with E-state index in [-0.39, 0.29) is 30.6 Å². The minimum atomic E-state index is -1.18. The first kappa shape index (κ1) is 15.4. The van der Waals surface area contributed by atoms with Crippen LogP contribution in [-0.4, -0.2) is 35.2 Å². The van der Waals surface area contributed by atoms with E-state index in [0.717, 1.165) is 0 Å². The lowest BCUT2D eigenvalue weighted by Crippen LogP contribution is -2.28. The first-order valence-corrected chi connectivity index (χ1v) is 6.36. The molecule has 0 aliphatic heterocycles. The molecule has 0 unspecified atom stereocenters. The third kappa shape index (κ3) is 3.54. The molecule has 2 heterocycles. The van der Waals surface area contributed by atoms with Crippen LogP contribution < -0.4 is 15.6 Å². The summed E-state index contributed by atoms with van der Waals surface area (Å²) >= 11 is 0. The molecule has 0 radical (unpaired) electrons. The lowest BCUT2D eigenvalue weighted by molar-refractivity contribution is -0.122. The average Bonchev–Trinajstić information content (AvgIpc) is 2.96. The lowest BCUT2D eigenvalue weighted by Gasteiger charge is -2.08. The van der Waals surface area contributed by atoms with Crippen LogP contribution in [0.4, 0.5) is 0 Å². The van der Waals surface area contributed by atoms with Crippen LogP contribution in [0.1, 0.15) is 16.3 Å². The van der Waals surface area contributed by atoms with Gasteiger partial charge in [0.25, 0.3) is 11.5 Å². The van der Waals surface area contributed by atoms with E-state index in [0.29, 0.717) is 5.76 Å². The standard InChI is InChI=1S/C14H14N2O6/c1-15-12(17)8-21-10-3-2-6-16(13(10)18)7-9-4-5-11(22-9)14(19)20/h2-6H,7-8H2,1H3,(H,15,17)(H,19,20). The van der Waals surface area contributed by atoms with Crippen molar-refractivity contribution in [3.05, 3.63) is 52.3 Å². The number of aromatic carboxylic acids is 1. The molecule has 0 saturated carbocycles. The monoisotopic (exact) mass is 306 g/mol. The molecule has 0 aliphatic carbocycles. The van der Waals surface area contributed by atoms with E-state index in [1.165, 1.54) is 36.0 Å². The zero-order valence-electron chi connectivity index (χ0n) is 11.7. The summed E-state index contributed by atoms with van der Waals surface area (Å²) in [5.41, 5.74) is -0.445. The van der Waals surface area contributed by atoms with Crippen molar-refractivity contribution in [2.45, 2.75) is 6.54 Å². The number of furan rings is 1. The quantitative estimate of drug-likeness (QED) is 0.794. The number of likely N-dealkylation sites (N-methyl/N-ethyl adjacent to an activating group) is 1. The second-order valence-corrected chi connectivity index (χ2v) is 4.34. The molecule has 2 aromatic rings. The van der Waals surface area contributed by atoms with Gasteiger partial charge in [0, 0.05) is 13.2 Å². The fraction of sp³-hybridized carbons (Fsp3) is 0.214. The number of hydrogen-bond donors (Lipinski definition) is 2. The smallest absolute Gasteiger partial charge is 0.371 e. The van der Waals surface area contributed by atoms with Gasteiger partial charge < -0.3 is 24.1 Å². The topological polar surface area (TPSA) is 111 Å². The van der Waals surface area contributed by atoms with E-state index in [9.17, 15) is 14.4 Å². The van der Waals surface area contributed by atoms with Crippen molar-refractivity contribution in [3.63, 3.8) is 0 Å². The summed E-state index contributed by atoms with van der Waals surface area (Å²) in [5, 5.41) is 11.2. The minimum absolute atomic E-state index is 0.0242. The third-order valence-electron chi connectivity index (χ3n) is 2.82. The molecule has 0 spiro atoms. The highest BCUT2D eigenvalue weighted by molar-refractivity contribution is 5.84. The van der Waals surface area contributed by atoms with Gasteiger partial charge >= 0.3 is 5.97 Å². The molecule has 0 saturated heterocycles. The molecule has 116 valence electrons. The van der Waals surface area contributed by atoms with Crippen LogP contribution >= 0.6 is 0 Å². The molecule has 1 amide bonds. The van der Waals surface area contributed by atoms with Crippen molar-refractivity contribution in [3.8, 4) is 5.75 Å². The van der Waals surface area contributed by atoms with Crippen LogP contribution in [0, 0.1) is 0 Å².